The Kier molecular flexibility index (Phi) is 22.5. The zero-order valence-corrected chi connectivity index (χ0v) is 37.4. The minimum atomic E-state index is -1.25. The fourth-order valence-electron chi connectivity index (χ4n) is 6.75. The zero-order valence-electron chi connectivity index (χ0n) is 37.4. The van der Waals surface area contributed by atoms with E-state index in [0.29, 0.717) is 43.5 Å². The molecule has 0 radical (unpaired) electrons. The number of carbonyl (C=O) groups excluding carboxylic acids is 8. The zero-order chi connectivity index (χ0) is 47.7. The number of aliphatic imine (C=N–C) groups is 1. The average molecular weight is 904 g/mol. The van der Waals surface area contributed by atoms with Gasteiger partial charge in [0.25, 0.3) is 0 Å². The highest BCUT2D eigenvalue weighted by molar-refractivity contribution is 5.94. The Morgan fingerprint density at radius 2 is 1.32 bits per heavy atom. The third-order valence-electron chi connectivity index (χ3n) is 10.2. The SMILES string of the molecule is CCCCN(CC(=O)NCC(=O)N(CCCCN)CC(=O)N[C@H](Cc1ccccc1)C(=O)N(CCCN=C(N)N)CC(=O)N(CC(=O)NCC(N)=O)Cc1c[nH]c2ccccc12)C(C)=O. The van der Waals surface area contributed by atoms with Crippen LogP contribution in [0.5, 0.6) is 0 Å². The number of fused-ring (bicyclic) bond motifs is 1. The minimum absolute atomic E-state index is 0.000436. The molecule has 0 saturated carbocycles. The van der Waals surface area contributed by atoms with Crippen molar-refractivity contribution in [3.63, 3.8) is 0 Å². The number of nitrogens with two attached hydrogens (primary N) is 4. The molecule has 1 aromatic heterocycles. The number of aromatic nitrogens is 1. The van der Waals surface area contributed by atoms with Crippen LogP contribution in [0, 0.1) is 0 Å². The Hall–Kier alpha value is -7.03. The van der Waals surface area contributed by atoms with Gasteiger partial charge in [-0.15, -0.1) is 0 Å². The van der Waals surface area contributed by atoms with Crippen LogP contribution < -0.4 is 38.9 Å². The fourth-order valence-corrected chi connectivity index (χ4v) is 6.75. The summed E-state index contributed by atoms with van der Waals surface area (Å²) in [7, 11) is 0. The van der Waals surface area contributed by atoms with Crippen LogP contribution >= 0.6 is 0 Å². The predicted molar refractivity (Wildman–Crippen MR) is 245 cm³/mol. The molecule has 1 atom stereocenters. The van der Waals surface area contributed by atoms with E-state index in [9.17, 15) is 38.4 Å². The molecular formula is C44H65N13O8. The molecule has 0 fully saturated rings. The molecule has 8 amide bonds. The number of aromatic amines is 1. The van der Waals surface area contributed by atoms with E-state index >= 15 is 0 Å². The van der Waals surface area contributed by atoms with Crippen LogP contribution in [-0.2, 0) is 51.3 Å². The summed E-state index contributed by atoms with van der Waals surface area (Å²) < 4.78 is 0. The van der Waals surface area contributed by atoms with Crippen molar-refractivity contribution in [2.45, 2.75) is 65.0 Å². The Bertz CT molecular complexity index is 2090. The van der Waals surface area contributed by atoms with E-state index < -0.39 is 80.1 Å². The normalized spacial score (nSPS) is 11.2. The molecular weight excluding hydrogens is 839 g/mol. The molecule has 3 rings (SSSR count). The lowest BCUT2D eigenvalue weighted by Gasteiger charge is -2.31. The van der Waals surface area contributed by atoms with Crippen molar-refractivity contribution in [2.24, 2.45) is 27.9 Å². The average Bonchev–Trinajstić information content (AvgIpc) is 3.68. The molecule has 3 aromatic rings. The Balaban J connectivity index is 1.91. The number of guanidine groups is 1. The molecule has 0 aliphatic rings. The van der Waals surface area contributed by atoms with Gasteiger partial charge in [0.05, 0.1) is 39.3 Å². The van der Waals surface area contributed by atoms with Crippen LogP contribution in [0.25, 0.3) is 10.9 Å². The van der Waals surface area contributed by atoms with E-state index in [-0.39, 0.29) is 57.4 Å². The molecule has 21 heteroatoms. The quantitative estimate of drug-likeness (QED) is 0.0229. The maximum atomic E-state index is 14.7. The van der Waals surface area contributed by atoms with Gasteiger partial charge in [-0.3, -0.25) is 43.3 Å². The molecule has 1 heterocycles. The number of unbranched alkanes of at least 4 members (excludes halogenated alkanes) is 2. The van der Waals surface area contributed by atoms with E-state index in [4.69, 9.17) is 22.9 Å². The smallest absolute Gasteiger partial charge is 0.245 e. The lowest BCUT2D eigenvalue weighted by atomic mass is 10.0. The van der Waals surface area contributed by atoms with Gasteiger partial charge in [0.15, 0.2) is 5.96 Å². The van der Waals surface area contributed by atoms with Crippen molar-refractivity contribution >= 4 is 64.1 Å². The molecule has 12 N–H and O–H groups in total. The summed E-state index contributed by atoms with van der Waals surface area (Å²) >= 11 is 0. The molecule has 65 heavy (non-hydrogen) atoms. The van der Waals surface area contributed by atoms with Gasteiger partial charge in [0.2, 0.25) is 47.3 Å². The standard InChI is InChI=1S/C44H65N13O8/c1-3-4-19-54(31(2)58)27-38(60)52-25-41(63)55(20-11-10-17-45)29-40(62)53-36(22-32-13-6-5-7-14-32)43(65)56(21-12-18-49-44(47)48)30-42(64)57(28-39(61)51-24-37(46)59)26-33-23-50-35-16-9-8-15-34(33)35/h5-9,13-16,23,36,50H,3-4,10-12,17-22,24-30,45H2,1-2H3,(H2,46,59)(H,51,61)(H,52,60)(H,53,62)(H4,47,48,49)/t36-/m1/s1. The molecule has 0 spiro atoms. The summed E-state index contributed by atoms with van der Waals surface area (Å²) in [6.07, 6.45) is 4.45. The summed E-state index contributed by atoms with van der Waals surface area (Å²) in [5.74, 6) is -4.94. The van der Waals surface area contributed by atoms with Crippen molar-refractivity contribution in [2.75, 3.05) is 72.0 Å². The molecule has 354 valence electrons. The van der Waals surface area contributed by atoms with E-state index in [1.54, 1.807) is 36.5 Å². The first kappa shape index (κ1) is 52.3. The summed E-state index contributed by atoms with van der Waals surface area (Å²) in [5, 5.41) is 8.54. The number of benzene rings is 2. The number of hydrogen-bond donors (Lipinski definition) is 8. The minimum Gasteiger partial charge on any atom is -0.370 e. The van der Waals surface area contributed by atoms with Crippen molar-refractivity contribution in [3.8, 4) is 0 Å². The molecule has 21 nitrogen and oxygen atoms in total. The lowest BCUT2D eigenvalue weighted by molar-refractivity contribution is -0.144. The molecule has 0 bridgehead atoms. The van der Waals surface area contributed by atoms with Crippen molar-refractivity contribution < 1.29 is 38.4 Å². The summed E-state index contributed by atoms with van der Waals surface area (Å²) in [5.41, 5.74) is 24.2. The van der Waals surface area contributed by atoms with Gasteiger partial charge in [-0.25, -0.2) is 0 Å². The summed E-state index contributed by atoms with van der Waals surface area (Å²) in [6, 6.07) is 15.0. The predicted octanol–water partition coefficient (Wildman–Crippen LogP) is -1.35. The van der Waals surface area contributed by atoms with Crippen LogP contribution in [-0.4, -0.2) is 156 Å². The topological polar surface area (TPSA) is 318 Å². The molecule has 0 aliphatic carbocycles. The van der Waals surface area contributed by atoms with Crippen LogP contribution in [0.15, 0.2) is 65.8 Å². The molecule has 0 aliphatic heterocycles. The highest BCUT2D eigenvalue weighted by atomic mass is 16.2. The third-order valence-corrected chi connectivity index (χ3v) is 10.2. The second-order valence-electron chi connectivity index (χ2n) is 15.5. The number of para-hydroxylation sites is 1. The number of nitrogens with zero attached hydrogens (tertiary/aromatic N) is 5. The van der Waals surface area contributed by atoms with E-state index in [0.717, 1.165) is 17.3 Å². The number of rotatable bonds is 29. The molecule has 0 unspecified atom stereocenters. The lowest BCUT2D eigenvalue weighted by Crippen LogP contribution is -2.55. The van der Waals surface area contributed by atoms with Gasteiger partial charge in [-0.05, 0) is 49.4 Å². The van der Waals surface area contributed by atoms with Crippen LogP contribution in [0.1, 0.15) is 57.1 Å². The monoisotopic (exact) mass is 904 g/mol. The maximum absolute atomic E-state index is 14.7. The van der Waals surface area contributed by atoms with E-state index in [2.05, 4.69) is 25.9 Å². The highest BCUT2D eigenvalue weighted by Gasteiger charge is 2.31. The second-order valence-corrected chi connectivity index (χ2v) is 15.5. The number of carbonyl (C=O) groups is 8. The van der Waals surface area contributed by atoms with Crippen molar-refractivity contribution in [1.82, 2.24) is 40.5 Å². The molecule has 0 saturated heterocycles. The van der Waals surface area contributed by atoms with Crippen LogP contribution in [0.2, 0.25) is 0 Å². The first-order valence-electron chi connectivity index (χ1n) is 21.7. The number of amides is 8. The molecule has 2 aromatic carbocycles. The summed E-state index contributed by atoms with van der Waals surface area (Å²) in [4.78, 5) is 118. The first-order chi connectivity index (χ1) is 31.1. The second kappa shape index (κ2) is 27.9. The summed E-state index contributed by atoms with van der Waals surface area (Å²) in [6.45, 7) is 1.59. The Morgan fingerprint density at radius 1 is 0.692 bits per heavy atom. The van der Waals surface area contributed by atoms with Gasteiger partial charge >= 0.3 is 0 Å². The highest BCUT2D eigenvalue weighted by Crippen LogP contribution is 2.20. The van der Waals surface area contributed by atoms with Gasteiger partial charge in [-0.1, -0.05) is 61.9 Å². The fraction of sp³-hybridized carbons (Fsp3) is 0.477. The van der Waals surface area contributed by atoms with Gasteiger partial charge in [0, 0.05) is 63.2 Å². The number of nitrogens with one attached hydrogen (secondary N) is 4. The van der Waals surface area contributed by atoms with E-state index in [1.807, 2.05) is 31.2 Å². The number of H-pyrrole nitrogens is 1. The maximum Gasteiger partial charge on any atom is 0.245 e. The van der Waals surface area contributed by atoms with Gasteiger partial charge in [0.1, 0.15) is 6.04 Å². The van der Waals surface area contributed by atoms with Crippen molar-refractivity contribution in [3.05, 3.63) is 71.9 Å². The Labute approximate surface area is 379 Å². The first-order valence-corrected chi connectivity index (χ1v) is 21.7. The number of hydrogen-bond acceptors (Lipinski definition) is 10. The van der Waals surface area contributed by atoms with Crippen molar-refractivity contribution in [1.29, 1.82) is 0 Å². The van der Waals surface area contributed by atoms with Gasteiger partial charge < -0.3 is 63.5 Å². The Morgan fingerprint density at radius 3 is 1.98 bits per heavy atom. The van der Waals surface area contributed by atoms with Crippen LogP contribution in [0.3, 0.4) is 0 Å². The van der Waals surface area contributed by atoms with Gasteiger partial charge in [-0.2, -0.15) is 0 Å². The largest absolute Gasteiger partial charge is 0.370 e. The third kappa shape index (κ3) is 19.1. The number of primary amides is 1. The van der Waals surface area contributed by atoms with E-state index in [1.165, 1.54) is 26.5 Å². The van der Waals surface area contributed by atoms with Crippen LogP contribution in [0.4, 0.5) is 0 Å².